The molecule has 1 atom stereocenters. The first kappa shape index (κ1) is 15.2. The Bertz CT molecular complexity index is 966. The molecule has 0 saturated heterocycles. The number of aryl methyl sites for hydroxylation is 1. The highest BCUT2D eigenvalue weighted by atomic mass is 35.5. The van der Waals surface area contributed by atoms with Gasteiger partial charge in [0.05, 0.1) is 17.4 Å². The summed E-state index contributed by atoms with van der Waals surface area (Å²) < 4.78 is 0. The molecule has 0 aliphatic carbocycles. The fraction of sp³-hybridized carbons (Fsp3) is 0.263. The van der Waals surface area contributed by atoms with Crippen LogP contribution in [0.15, 0.2) is 47.3 Å². The SMILES string of the molecule is CC1CCc2ccccc2N1Cc1nc2cc(Cl)ccc2c(=O)[nH]1. The van der Waals surface area contributed by atoms with Crippen molar-refractivity contribution in [1.82, 2.24) is 9.97 Å². The Balaban J connectivity index is 1.75. The van der Waals surface area contributed by atoms with E-state index in [0.29, 0.717) is 34.3 Å². The maximum atomic E-state index is 12.3. The fourth-order valence-corrected chi connectivity index (χ4v) is 3.56. The number of H-pyrrole nitrogens is 1. The Hall–Kier alpha value is -2.33. The second-order valence-electron chi connectivity index (χ2n) is 6.32. The van der Waals surface area contributed by atoms with Crippen LogP contribution in [-0.2, 0) is 13.0 Å². The molecule has 1 aromatic heterocycles. The van der Waals surface area contributed by atoms with Crippen molar-refractivity contribution < 1.29 is 0 Å². The first-order valence-corrected chi connectivity index (χ1v) is 8.52. The second-order valence-corrected chi connectivity index (χ2v) is 6.75. The zero-order valence-corrected chi connectivity index (χ0v) is 14.2. The summed E-state index contributed by atoms with van der Waals surface area (Å²) >= 11 is 6.04. The van der Waals surface area contributed by atoms with E-state index in [4.69, 9.17) is 11.6 Å². The van der Waals surface area contributed by atoms with Crippen molar-refractivity contribution in [2.45, 2.75) is 32.4 Å². The molecule has 24 heavy (non-hydrogen) atoms. The quantitative estimate of drug-likeness (QED) is 0.770. The molecule has 4 nitrogen and oxygen atoms in total. The van der Waals surface area contributed by atoms with Gasteiger partial charge in [-0.2, -0.15) is 0 Å². The van der Waals surface area contributed by atoms with Gasteiger partial charge in [-0.15, -0.1) is 0 Å². The van der Waals surface area contributed by atoms with Gasteiger partial charge in [-0.05, 0) is 49.6 Å². The van der Waals surface area contributed by atoms with Crippen molar-refractivity contribution in [3.63, 3.8) is 0 Å². The molecule has 1 aliphatic rings. The van der Waals surface area contributed by atoms with Gasteiger partial charge in [0.2, 0.25) is 0 Å². The molecule has 0 spiro atoms. The van der Waals surface area contributed by atoms with Gasteiger partial charge < -0.3 is 9.88 Å². The molecule has 5 heteroatoms. The Morgan fingerprint density at radius 3 is 3.00 bits per heavy atom. The van der Waals surface area contributed by atoms with E-state index in [0.717, 1.165) is 12.8 Å². The zero-order chi connectivity index (χ0) is 16.7. The van der Waals surface area contributed by atoms with Crippen LogP contribution in [0.25, 0.3) is 10.9 Å². The first-order chi connectivity index (χ1) is 11.6. The zero-order valence-electron chi connectivity index (χ0n) is 13.4. The number of benzene rings is 2. The molecule has 1 aliphatic heterocycles. The van der Waals surface area contributed by atoms with E-state index in [1.165, 1.54) is 11.3 Å². The highest BCUT2D eigenvalue weighted by molar-refractivity contribution is 6.31. The Morgan fingerprint density at radius 1 is 1.29 bits per heavy atom. The number of aromatic amines is 1. The van der Waals surface area contributed by atoms with E-state index < -0.39 is 0 Å². The molecule has 2 heterocycles. The molecule has 2 aromatic carbocycles. The van der Waals surface area contributed by atoms with Gasteiger partial charge in [0, 0.05) is 16.8 Å². The number of hydrogen-bond donors (Lipinski definition) is 1. The average molecular weight is 340 g/mol. The van der Waals surface area contributed by atoms with Crippen LogP contribution in [-0.4, -0.2) is 16.0 Å². The summed E-state index contributed by atoms with van der Waals surface area (Å²) in [5.74, 6) is 0.665. The molecule has 1 unspecified atom stereocenters. The van der Waals surface area contributed by atoms with E-state index in [-0.39, 0.29) is 5.56 Å². The lowest BCUT2D eigenvalue weighted by Crippen LogP contribution is -2.37. The van der Waals surface area contributed by atoms with E-state index in [1.807, 2.05) is 0 Å². The lowest BCUT2D eigenvalue weighted by Gasteiger charge is -2.36. The van der Waals surface area contributed by atoms with Crippen molar-refractivity contribution in [3.05, 3.63) is 69.2 Å². The van der Waals surface area contributed by atoms with Crippen LogP contribution >= 0.6 is 11.6 Å². The maximum Gasteiger partial charge on any atom is 0.258 e. The largest absolute Gasteiger partial charge is 0.361 e. The van der Waals surface area contributed by atoms with Crippen LogP contribution in [0.5, 0.6) is 0 Å². The summed E-state index contributed by atoms with van der Waals surface area (Å²) in [5, 5.41) is 1.15. The predicted molar refractivity (Wildman–Crippen MR) is 97.8 cm³/mol. The summed E-state index contributed by atoms with van der Waals surface area (Å²) in [5.41, 5.74) is 3.09. The van der Waals surface area contributed by atoms with E-state index in [2.05, 4.69) is 46.1 Å². The highest BCUT2D eigenvalue weighted by Gasteiger charge is 2.23. The lowest BCUT2D eigenvalue weighted by molar-refractivity contribution is 0.552. The number of halogens is 1. The predicted octanol–water partition coefficient (Wildman–Crippen LogP) is 3.92. The highest BCUT2D eigenvalue weighted by Crippen LogP contribution is 2.31. The molecular formula is C19H18ClN3O. The van der Waals surface area contributed by atoms with Gasteiger partial charge >= 0.3 is 0 Å². The molecule has 122 valence electrons. The van der Waals surface area contributed by atoms with Gasteiger partial charge in [-0.1, -0.05) is 29.8 Å². The van der Waals surface area contributed by atoms with Crippen LogP contribution in [0.2, 0.25) is 5.02 Å². The lowest BCUT2D eigenvalue weighted by atomic mass is 9.96. The van der Waals surface area contributed by atoms with Gasteiger partial charge in [-0.3, -0.25) is 4.79 Å². The van der Waals surface area contributed by atoms with Crippen molar-refractivity contribution in [2.75, 3.05) is 4.90 Å². The third-order valence-corrected chi connectivity index (χ3v) is 4.94. The van der Waals surface area contributed by atoms with Gasteiger partial charge in [0.1, 0.15) is 5.82 Å². The third kappa shape index (κ3) is 2.67. The van der Waals surface area contributed by atoms with Crippen molar-refractivity contribution in [2.24, 2.45) is 0 Å². The Labute approximate surface area is 145 Å². The van der Waals surface area contributed by atoms with Crippen LogP contribution in [0, 0.1) is 0 Å². The minimum Gasteiger partial charge on any atom is -0.361 e. The van der Waals surface area contributed by atoms with Gasteiger partial charge in [0.15, 0.2) is 0 Å². The van der Waals surface area contributed by atoms with Gasteiger partial charge in [-0.25, -0.2) is 4.98 Å². The van der Waals surface area contributed by atoms with E-state index in [1.54, 1.807) is 18.2 Å². The second kappa shape index (κ2) is 5.95. The van der Waals surface area contributed by atoms with Crippen molar-refractivity contribution >= 4 is 28.2 Å². The Kier molecular flexibility index (Phi) is 3.77. The molecule has 4 rings (SSSR count). The van der Waals surface area contributed by atoms with E-state index >= 15 is 0 Å². The number of aromatic nitrogens is 2. The molecule has 0 bridgehead atoms. The number of hydrogen-bond acceptors (Lipinski definition) is 3. The normalized spacial score (nSPS) is 17.1. The molecule has 0 amide bonds. The molecule has 0 radical (unpaired) electrons. The number of rotatable bonds is 2. The Morgan fingerprint density at radius 2 is 2.12 bits per heavy atom. The van der Waals surface area contributed by atoms with Crippen LogP contribution in [0.3, 0.4) is 0 Å². The summed E-state index contributed by atoms with van der Waals surface area (Å²) in [6.07, 6.45) is 2.19. The number of nitrogens with one attached hydrogen (secondary N) is 1. The smallest absolute Gasteiger partial charge is 0.258 e. The average Bonchev–Trinajstić information content (AvgIpc) is 2.57. The van der Waals surface area contributed by atoms with Crippen molar-refractivity contribution in [3.8, 4) is 0 Å². The number of para-hydroxylation sites is 1. The number of nitrogens with zero attached hydrogens (tertiary/aromatic N) is 2. The third-order valence-electron chi connectivity index (χ3n) is 4.70. The minimum absolute atomic E-state index is 0.121. The minimum atomic E-state index is -0.121. The van der Waals surface area contributed by atoms with Crippen molar-refractivity contribution in [1.29, 1.82) is 0 Å². The number of anilines is 1. The maximum absolute atomic E-state index is 12.3. The standard InChI is InChI=1S/C19H18ClN3O/c1-12-6-7-13-4-2-3-5-17(13)23(12)11-18-21-16-10-14(20)8-9-15(16)19(24)22-18/h2-5,8-10,12H,6-7,11H2,1H3,(H,21,22,24). The molecule has 1 N–H and O–H groups in total. The molecule has 0 fully saturated rings. The van der Waals surface area contributed by atoms with E-state index in [9.17, 15) is 4.79 Å². The molecule has 3 aromatic rings. The summed E-state index contributed by atoms with van der Waals surface area (Å²) in [4.78, 5) is 22.2. The van der Waals surface area contributed by atoms with Crippen LogP contribution < -0.4 is 10.5 Å². The topological polar surface area (TPSA) is 49.0 Å². The fourth-order valence-electron chi connectivity index (χ4n) is 3.40. The first-order valence-electron chi connectivity index (χ1n) is 8.15. The summed E-state index contributed by atoms with van der Waals surface area (Å²) in [6.45, 7) is 2.79. The van der Waals surface area contributed by atoms with Crippen LogP contribution in [0.4, 0.5) is 5.69 Å². The monoisotopic (exact) mass is 339 g/mol. The number of fused-ring (bicyclic) bond motifs is 2. The molecule has 0 saturated carbocycles. The molecular weight excluding hydrogens is 322 g/mol. The summed E-state index contributed by atoms with van der Waals surface area (Å²) in [7, 11) is 0. The summed E-state index contributed by atoms with van der Waals surface area (Å²) in [6, 6.07) is 14.0. The van der Waals surface area contributed by atoms with Gasteiger partial charge in [0.25, 0.3) is 5.56 Å². The van der Waals surface area contributed by atoms with Crippen LogP contribution in [0.1, 0.15) is 24.7 Å².